The summed E-state index contributed by atoms with van der Waals surface area (Å²) >= 11 is 1.35. The third-order valence-corrected chi connectivity index (χ3v) is 5.35. The maximum Gasteiger partial charge on any atom is 0.157 e. The Morgan fingerprint density at radius 1 is 1.39 bits per heavy atom. The summed E-state index contributed by atoms with van der Waals surface area (Å²) in [6.07, 6.45) is 4.88. The molecular formula is C13H20N4S. The summed E-state index contributed by atoms with van der Waals surface area (Å²) in [7, 11) is 0. The van der Waals surface area contributed by atoms with Crippen LogP contribution in [-0.2, 0) is 0 Å². The molecule has 1 aliphatic rings. The van der Waals surface area contributed by atoms with E-state index in [0.29, 0.717) is 16.8 Å². The van der Waals surface area contributed by atoms with Crippen LogP contribution in [0.1, 0.15) is 45.1 Å². The fourth-order valence-corrected chi connectivity index (χ4v) is 3.57. The van der Waals surface area contributed by atoms with Crippen molar-refractivity contribution in [3.05, 3.63) is 5.56 Å². The summed E-state index contributed by atoms with van der Waals surface area (Å²) in [5, 5.41) is 10.1. The Labute approximate surface area is 113 Å². The second-order valence-electron chi connectivity index (χ2n) is 5.05. The summed E-state index contributed by atoms with van der Waals surface area (Å²) in [6.45, 7) is 6.59. The molecule has 0 aliphatic carbocycles. The van der Waals surface area contributed by atoms with Gasteiger partial charge >= 0.3 is 0 Å². The highest BCUT2D eigenvalue weighted by Crippen LogP contribution is 2.41. The van der Waals surface area contributed by atoms with Gasteiger partial charge in [-0.2, -0.15) is 9.64 Å². The van der Waals surface area contributed by atoms with Crippen molar-refractivity contribution in [1.82, 2.24) is 4.37 Å². The van der Waals surface area contributed by atoms with Crippen molar-refractivity contribution in [1.29, 1.82) is 5.26 Å². The van der Waals surface area contributed by atoms with Crippen molar-refractivity contribution in [2.24, 2.45) is 5.41 Å². The molecule has 0 aromatic carbocycles. The molecule has 0 spiro atoms. The number of nitriles is 1. The Balaban J connectivity index is 2.13. The number of aromatic nitrogens is 1. The van der Waals surface area contributed by atoms with Crippen molar-refractivity contribution in [2.45, 2.75) is 39.5 Å². The number of hydrogen-bond acceptors (Lipinski definition) is 5. The van der Waals surface area contributed by atoms with E-state index in [1.165, 1.54) is 37.2 Å². The molecule has 18 heavy (non-hydrogen) atoms. The zero-order valence-corrected chi connectivity index (χ0v) is 11.9. The predicted molar refractivity (Wildman–Crippen MR) is 75.7 cm³/mol. The van der Waals surface area contributed by atoms with Gasteiger partial charge in [-0.15, -0.1) is 0 Å². The van der Waals surface area contributed by atoms with Crippen LogP contribution >= 0.6 is 11.5 Å². The van der Waals surface area contributed by atoms with E-state index >= 15 is 0 Å². The fourth-order valence-electron chi connectivity index (χ4n) is 2.76. The largest absolute Gasteiger partial charge is 0.382 e. The summed E-state index contributed by atoms with van der Waals surface area (Å²) in [5.41, 5.74) is 6.77. The third-order valence-electron chi connectivity index (χ3n) is 4.42. The first kappa shape index (κ1) is 13.2. The first-order valence-electron chi connectivity index (χ1n) is 6.56. The first-order valence-corrected chi connectivity index (χ1v) is 7.33. The molecule has 2 N–H and O–H groups in total. The molecule has 1 saturated heterocycles. The molecule has 0 amide bonds. The lowest BCUT2D eigenvalue weighted by Crippen LogP contribution is -2.39. The lowest BCUT2D eigenvalue weighted by atomic mass is 9.74. The van der Waals surface area contributed by atoms with Crippen LogP contribution in [0, 0.1) is 16.7 Å². The van der Waals surface area contributed by atoms with Crippen LogP contribution < -0.4 is 10.6 Å². The van der Waals surface area contributed by atoms with Gasteiger partial charge in [0.1, 0.15) is 16.6 Å². The van der Waals surface area contributed by atoms with Crippen LogP contribution in [0.15, 0.2) is 0 Å². The van der Waals surface area contributed by atoms with Gasteiger partial charge in [0.25, 0.3) is 0 Å². The Morgan fingerprint density at radius 2 is 2.00 bits per heavy atom. The molecule has 5 heteroatoms. The van der Waals surface area contributed by atoms with Crippen molar-refractivity contribution in [3.8, 4) is 6.07 Å². The van der Waals surface area contributed by atoms with Crippen molar-refractivity contribution >= 4 is 22.4 Å². The van der Waals surface area contributed by atoms with Gasteiger partial charge in [0.2, 0.25) is 0 Å². The van der Waals surface area contributed by atoms with E-state index in [1.54, 1.807) is 0 Å². The standard InChI is InChI=1S/C13H20N4S/c1-3-13(4-2)5-7-17(8-6-13)12-10(9-14)11(15)16-18-12/h3-8H2,1-2H3,(H2,15,16). The van der Waals surface area contributed by atoms with E-state index < -0.39 is 0 Å². The van der Waals surface area contributed by atoms with Gasteiger partial charge in [-0.3, -0.25) is 0 Å². The molecule has 1 fully saturated rings. The molecule has 98 valence electrons. The fraction of sp³-hybridized carbons (Fsp3) is 0.692. The van der Waals surface area contributed by atoms with Gasteiger partial charge < -0.3 is 10.6 Å². The summed E-state index contributed by atoms with van der Waals surface area (Å²) < 4.78 is 4.09. The van der Waals surface area contributed by atoms with Crippen molar-refractivity contribution < 1.29 is 0 Å². The molecule has 0 atom stereocenters. The van der Waals surface area contributed by atoms with E-state index in [0.717, 1.165) is 18.1 Å². The average Bonchev–Trinajstić information content (AvgIpc) is 2.80. The quantitative estimate of drug-likeness (QED) is 0.911. The van der Waals surface area contributed by atoms with E-state index in [9.17, 15) is 0 Å². The highest BCUT2D eigenvalue weighted by molar-refractivity contribution is 7.10. The van der Waals surface area contributed by atoms with E-state index in [1.807, 2.05) is 0 Å². The Hall–Kier alpha value is -1.28. The minimum Gasteiger partial charge on any atom is -0.382 e. The monoisotopic (exact) mass is 264 g/mol. The molecule has 1 aliphatic heterocycles. The van der Waals surface area contributed by atoms with Crippen molar-refractivity contribution in [2.75, 3.05) is 23.7 Å². The first-order chi connectivity index (χ1) is 8.65. The number of piperidine rings is 1. The molecule has 2 rings (SSSR count). The number of nitrogens with two attached hydrogens (primary N) is 1. The summed E-state index contributed by atoms with van der Waals surface area (Å²) in [6, 6.07) is 2.17. The molecule has 0 unspecified atom stereocenters. The number of nitrogens with zero attached hydrogens (tertiary/aromatic N) is 3. The van der Waals surface area contributed by atoms with Crippen LogP contribution in [0.2, 0.25) is 0 Å². The van der Waals surface area contributed by atoms with Crippen LogP contribution in [0.3, 0.4) is 0 Å². The number of anilines is 2. The maximum atomic E-state index is 9.12. The smallest absolute Gasteiger partial charge is 0.157 e. The Morgan fingerprint density at radius 3 is 2.50 bits per heavy atom. The molecule has 0 bridgehead atoms. The highest BCUT2D eigenvalue weighted by atomic mass is 32.1. The normalized spacial score (nSPS) is 18.6. The number of hydrogen-bond donors (Lipinski definition) is 1. The van der Waals surface area contributed by atoms with Crippen LogP contribution in [-0.4, -0.2) is 17.5 Å². The summed E-state index contributed by atoms with van der Waals surface area (Å²) in [4.78, 5) is 2.27. The third kappa shape index (κ3) is 2.17. The lowest BCUT2D eigenvalue weighted by Gasteiger charge is -2.41. The van der Waals surface area contributed by atoms with E-state index in [-0.39, 0.29) is 0 Å². The van der Waals surface area contributed by atoms with E-state index in [2.05, 4.69) is 29.2 Å². The predicted octanol–water partition coefficient (Wildman–Crippen LogP) is 3.00. The second-order valence-corrected chi connectivity index (χ2v) is 5.81. The van der Waals surface area contributed by atoms with Gasteiger partial charge in [0.05, 0.1) is 0 Å². The molecule has 1 aromatic heterocycles. The van der Waals surface area contributed by atoms with Gasteiger partial charge in [0, 0.05) is 13.1 Å². The minimum atomic E-state index is 0.375. The zero-order chi connectivity index (χ0) is 13.2. The van der Waals surface area contributed by atoms with Crippen molar-refractivity contribution in [3.63, 3.8) is 0 Å². The van der Waals surface area contributed by atoms with E-state index in [4.69, 9.17) is 11.0 Å². The molecule has 0 radical (unpaired) electrons. The van der Waals surface area contributed by atoms with Gasteiger partial charge in [-0.25, -0.2) is 0 Å². The van der Waals surface area contributed by atoms with Crippen LogP contribution in [0.5, 0.6) is 0 Å². The van der Waals surface area contributed by atoms with Gasteiger partial charge in [0.15, 0.2) is 5.82 Å². The number of nitrogen functional groups attached to an aromatic ring is 1. The molecule has 2 heterocycles. The molecule has 4 nitrogen and oxygen atoms in total. The second kappa shape index (κ2) is 5.15. The van der Waals surface area contributed by atoms with Crippen LogP contribution in [0.4, 0.5) is 10.8 Å². The lowest BCUT2D eigenvalue weighted by molar-refractivity contribution is 0.200. The van der Waals surface area contributed by atoms with Gasteiger partial charge in [-0.1, -0.05) is 26.7 Å². The number of rotatable bonds is 3. The molecule has 0 saturated carbocycles. The zero-order valence-electron chi connectivity index (χ0n) is 11.1. The van der Waals surface area contributed by atoms with Gasteiger partial charge in [-0.05, 0) is 29.8 Å². The highest BCUT2D eigenvalue weighted by Gasteiger charge is 2.32. The topological polar surface area (TPSA) is 65.9 Å². The molecular weight excluding hydrogens is 244 g/mol. The maximum absolute atomic E-state index is 9.12. The average molecular weight is 264 g/mol. The summed E-state index contributed by atoms with van der Waals surface area (Å²) in [5.74, 6) is 0.375. The van der Waals surface area contributed by atoms with Crippen LogP contribution in [0.25, 0.3) is 0 Å². The Kier molecular flexibility index (Phi) is 3.76. The molecule has 1 aromatic rings. The Bertz CT molecular complexity index is 446. The minimum absolute atomic E-state index is 0.375. The SMILES string of the molecule is CCC1(CC)CCN(c2snc(N)c2C#N)CC1.